The van der Waals surface area contributed by atoms with Crippen molar-refractivity contribution < 1.29 is 0 Å². The SMILES string of the molecule is CCNC(=NCC1CCCS1)NCCCc1c[nH]c2ccccc12.I. The number of aryl methyl sites for hydroxylation is 1. The van der Waals surface area contributed by atoms with Crippen LogP contribution in [0.1, 0.15) is 31.7 Å². The third kappa shape index (κ3) is 6.09. The highest BCUT2D eigenvalue weighted by Gasteiger charge is 2.14. The third-order valence-electron chi connectivity index (χ3n) is 4.41. The fourth-order valence-corrected chi connectivity index (χ4v) is 4.33. The zero-order chi connectivity index (χ0) is 16.6. The number of aliphatic imine (C=N–C) groups is 1. The van der Waals surface area contributed by atoms with Gasteiger partial charge in [0, 0.05) is 35.4 Å². The number of thioether (sulfide) groups is 1. The molecule has 138 valence electrons. The van der Waals surface area contributed by atoms with Gasteiger partial charge in [0.25, 0.3) is 0 Å². The van der Waals surface area contributed by atoms with Crippen LogP contribution in [0.2, 0.25) is 0 Å². The monoisotopic (exact) mass is 472 g/mol. The van der Waals surface area contributed by atoms with E-state index in [0.29, 0.717) is 5.25 Å². The summed E-state index contributed by atoms with van der Waals surface area (Å²) in [7, 11) is 0. The van der Waals surface area contributed by atoms with Gasteiger partial charge in [0.1, 0.15) is 0 Å². The predicted octanol–water partition coefficient (Wildman–Crippen LogP) is 4.17. The molecule has 3 N–H and O–H groups in total. The number of guanidine groups is 1. The number of halogens is 1. The van der Waals surface area contributed by atoms with E-state index in [4.69, 9.17) is 4.99 Å². The molecule has 1 saturated heterocycles. The van der Waals surface area contributed by atoms with Crippen LogP contribution < -0.4 is 10.6 Å². The molecule has 0 amide bonds. The topological polar surface area (TPSA) is 52.2 Å². The lowest BCUT2D eigenvalue weighted by atomic mass is 10.1. The molecule has 3 rings (SSSR count). The second-order valence-electron chi connectivity index (χ2n) is 6.24. The number of benzene rings is 1. The Labute approximate surface area is 172 Å². The number of fused-ring (bicyclic) bond motifs is 1. The largest absolute Gasteiger partial charge is 0.361 e. The number of aromatic amines is 1. The minimum Gasteiger partial charge on any atom is -0.361 e. The van der Waals surface area contributed by atoms with Crippen LogP contribution in [0.4, 0.5) is 0 Å². The maximum atomic E-state index is 4.75. The fourth-order valence-electron chi connectivity index (χ4n) is 3.15. The lowest BCUT2D eigenvalue weighted by Crippen LogP contribution is -2.38. The van der Waals surface area contributed by atoms with Gasteiger partial charge in [-0.2, -0.15) is 11.8 Å². The molecule has 1 atom stereocenters. The Balaban J connectivity index is 0.00000225. The van der Waals surface area contributed by atoms with Gasteiger partial charge in [0.05, 0.1) is 6.54 Å². The van der Waals surface area contributed by atoms with Crippen molar-refractivity contribution in [1.29, 1.82) is 0 Å². The van der Waals surface area contributed by atoms with Gasteiger partial charge >= 0.3 is 0 Å². The van der Waals surface area contributed by atoms with Crippen LogP contribution in [-0.4, -0.2) is 41.6 Å². The van der Waals surface area contributed by atoms with Gasteiger partial charge in [0.15, 0.2) is 5.96 Å². The first-order chi connectivity index (χ1) is 11.9. The number of nitrogens with zero attached hydrogens (tertiary/aromatic N) is 1. The van der Waals surface area contributed by atoms with Gasteiger partial charge in [0.2, 0.25) is 0 Å². The van der Waals surface area contributed by atoms with Crippen LogP contribution in [0, 0.1) is 0 Å². The number of rotatable bonds is 7. The molecule has 4 nitrogen and oxygen atoms in total. The van der Waals surface area contributed by atoms with Gasteiger partial charge < -0.3 is 15.6 Å². The molecule has 1 aromatic carbocycles. The molecule has 1 aliphatic rings. The van der Waals surface area contributed by atoms with Crippen molar-refractivity contribution in [3.05, 3.63) is 36.0 Å². The fraction of sp³-hybridized carbons (Fsp3) is 0.526. The van der Waals surface area contributed by atoms with Crippen LogP contribution in [0.15, 0.2) is 35.5 Å². The van der Waals surface area contributed by atoms with Gasteiger partial charge in [-0.05, 0) is 50.0 Å². The Morgan fingerprint density at radius 1 is 1.32 bits per heavy atom. The minimum absolute atomic E-state index is 0. The summed E-state index contributed by atoms with van der Waals surface area (Å²) < 4.78 is 0. The summed E-state index contributed by atoms with van der Waals surface area (Å²) in [6.07, 6.45) is 6.98. The van der Waals surface area contributed by atoms with Crippen molar-refractivity contribution in [2.24, 2.45) is 4.99 Å². The van der Waals surface area contributed by atoms with Crippen LogP contribution in [0.5, 0.6) is 0 Å². The van der Waals surface area contributed by atoms with Crippen molar-refractivity contribution in [2.45, 2.75) is 37.9 Å². The van der Waals surface area contributed by atoms with Crippen LogP contribution in [-0.2, 0) is 6.42 Å². The van der Waals surface area contributed by atoms with Gasteiger partial charge in [-0.15, -0.1) is 24.0 Å². The van der Waals surface area contributed by atoms with Gasteiger partial charge in [-0.3, -0.25) is 4.99 Å². The van der Waals surface area contributed by atoms with Crippen molar-refractivity contribution in [1.82, 2.24) is 15.6 Å². The van der Waals surface area contributed by atoms with E-state index >= 15 is 0 Å². The number of hydrogen-bond acceptors (Lipinski definition) is 2. The average molecular weight is 472 g/mol. The second-order valence-corrected chi connectivity index (χ2v) is 7.65. The molecule has 1 aliphatic heterocycles. The quantitative estimate of drug-likeness (QED) is 0.246. The molecular weight excluding hydrogens is 443 g/mol. The standard InChI is InChI=1S/C19H28N4S.HI/c1-2-20-19(23-14-16-8-6-12-24-16)21-11-5-7-15-13-22-18-10-4-3-9-17(15)18;/h3-4,9-10,13,16,22H,2,5-8,11-12,14H2,1H3,(H2,20,21,23);1H. The number of para-hydroxylation sites is 1. The van der Waals surface area contributed by atoms with Crippen LogP contribution in [0.3, 0.4) is 0 Å². The summed E-state index contributed by atoms with van der Waals surface area (Å²) >= 11 is 2.06. The number of H-pyrrole nitrogens is 1. The number of aromatic nitrogens is 1. The van der Waals surface area contributed by atoms with Crippen molar-refractivity contribution in [2.75, 3.05) is 25.4 Å². The van der Waals surface area contributed by atoms with Crippen molar-refractivity contribution >= 4 is 52.6 Å². The van der Waals surface area contributed by atoms with E-state index in [-0.39, 0.29) is 24.0 Å². The summed E-state index contributed by atoms with van der Waals surface area (Å²) in [6.45, 7) is 4.91. The smallest absolute Gasteiger partial charge is 0.191 e. The Morgan fingerprint density at radius 2 is 2.20 bits per heavy atom. The second kappa shape index (κ2) is 11.0. The third-order valence-corrected chi connectivity index (χ3v) is 5.79. The van der Waals surface area contributed by atoms with Crippen LogP contribution in [0.25, 0.3) is 10.9 Å². The molecule has 25 heavy (non-hydrogen) atoms. The molecule has 2 aromatic rings. The molecule has 1 unspecified atom stereocenters. The van der Waals surface area contributed by atoms with E-state index in [9.17, 15) is 0 Å². The summed E-state index contributed by atoms with van der Waals surface area (Å²) in [6, 6.07) is 8.51. The summed E-state index contributed by atoms with van der Waals surface area (Å²) in [5.41, 5.74) is 2.63. The highest BCUT2D eigenvalue weighted by molar-refractivity contribution is 14.0. The van der Waals surface area contributed by atoms with Gasteiger partial charge in [-0.1, -0.05) is 18.2 Å². The molecular formula is C19H29IN4S. The normalized spacial score (nSPS) is 17.5. The zero-order valence-electron chi connectivity index (χ0n) is 14.9. The van der Waals surface area contributed by atoms with E-state index in [1.54, 1.807) is 0 Å². The maximum absolute atomic E-state index is 4.75. The Kier molecular flexibility index (Phi) is 8.95. The van der Waals surface area contributed by atoms with Gasteiger partial charge in [-0.25, -0.2) is 0 Å². The molecule has 0 aliphatic carbocycles. The van der Waals surface area contributed by atoms with E-state index in [0.717, 1.165) is 38.4 Å². The minimum atomic E-state index is 0. The lowest BCUT2D eigenvalue weighted by Gasteiger charge is -2.12. The number of hydrogen-bond donors (Lipinski definition) is 3. The van der Waals surface area contributed by atoms with E-state index in [1.165, 1.54) is 35.1 Å². The molecule has 0 spiro atoms. The first-order valence-electron chi connectivity index (χ1n) is 9.05. The lowest BCUT2D eigenvalue weighted by molar-refractivity contribution is 0.734. The molecule has 2 heterocycles. The molecule has 1 aromatic heterocycles. The highest BCUT2D eigenvalue weighted by atomic mass is 127. The average Bonchev–Trinajstić information content (AvgIpc) is 3.26. The molecule has 0 radical (unpaired) electrons. The van der Waals surface area contributed by atoms with Crippen molar-refractivity contribution in [3.63, 3.8) is 0 Å². The predicted molar refractivity (Wildman–Crippen MR) is 121 cm³/mol. The zero-order valence-corrected chi connectivity index (χ0v) is 18.0. The van der Waals surface area contributed by atoms with Crippen molar-refractivity contribution in [3.8, 4) is 0 Å². The Hall–Kier alpha value is -0.890. The first-order valence-corrected chi connectivity index (χ1v) is 10.1. The molecule has 0 bridgehead atoms. The maximum Gasteiger partial charge on any atom is 0.191 e. The highest BCUT2D eigenvalue weighted by Crippen LogP contribution is 2.26. The molecule has 6 heteroatoms. The van der Waals surface area contributed by atoms with Crippen LogP contribution >= 0.6 is 35.7 Å². The number of nitrogens with one attached hydrogen (secondary N) is 3. The Bertz CT molecular complexity index is 664. The Morgan fingerprint density at radius 3 is 3.00 bits per heavy atom. The van der Waals surface area contributed by atoms with E-state index in [2.05, 4.69) is 64.8 Å². The summed E-state index contributed by atoms with van der Waals surface area (Å²) in [5, 5.41) is 8.89. The summed E-state index contributed by atoms with van der Waals surface area (Å²) in [4.78, 5) is 8.10. The van der Waals surface area contributed by atoms with E-state index < -0.39 is 0 Å². The molecule has 1 fully saturated rings. The molecule has 0 saturated carbocycles. The first kappa shape index (κ1) is 20.4. The van der Waals surface area contributed by atoms with E-state index in [1.807, 2.05) is 0 Å². The summed E-state index contributed by atoms with van der Waals surface area (Å²) in [5.74, 6) is 2.26.